The van der Waals surface area contributed by atoms with E-state index in [0.717, 1.165) is 26.5 Å². The lowest BCUT2D eigenvalue weighted by Crippen LogP contribution is -2.18. The van der Waals surface area contributed by atoms with Gasteiger partial charge in [0.2, 0.25) is 0 Å². The summed E-state index contributed by atoms with van der Waals surface area (Å²) in [7, 11) is -3.66. The van der Waals surface area contributed by atoms with Crippen LogP contribution in [0.4, 0.5) is 0 Å². The first kappa shape index (κ1) is 15.8. The van der Waals surface area contributed by atoms with Gasteiger partial charge in [-0.25, -0.2) is 4.83 Å². The number of hydrazone groups is 1. The van der Waals surface area contributed by atoms with Gasteiger partial charge in [-0.3, -0.25) is 0 Å². The Labute approximate surface area is 142 Å². The van der Waals surface area contributed by atoms with E-state index in [1.54, 1.807) is 30.5 Å². The predicted octanol–water partition coefficient (Wildman–Crippen LogP) is 3.55. The Morgan fingerprint density at radius 1 is 1.17 bits per heavy atom. The number of aromatic amines is 1. The van der Waals surface area contributed by atoms with Crippen LogP contribution in [0.25, 0.3) is 10.9 Å². The minimum atomic E-state index is -3.66. The highest BCUT2D eigenvalue weighted by atomic mass is 79.9. The number of aryl methyl sites for hydroxylation is 1. The van der Waals surface area contributed by atoms with E-state index in [4.69, 9.17) is 0 Å². The number of hydrogen-bond donors (Lipinski definition) is 2. The highest BCUT2D eigenvalue weighted by Crippen LogP contribution is 2.21. The van der Waals surface area contributed by atoms with Gasteiger partial charge in [-0.1, -0.05) is 33.6 Å². The van der Waals surface area contributed by atoms with Gasteiger partial charge in [0.15, 0.2) is 0 Å². The standard InChI is InChI=1S/C16H14BrN3O2S/c1-11-2-5-14(6-3-11)23(21,22)20-19-10-12-9-18-16-7-4-13(17)8-15(12)16/h2-10,18,20H,1H3/b19-10+. The average molecular weight is 392 g/mol. The molecular formula is C16H14BrN3O2S. The van der Waals surface area contributed by atoms with E-state index in [2.05, 4.69) is 30.8 Å². The molecule has 0 aliphatic rings. The van der Waals surface area contributed by atoms with Crippen LogP contribution in [-0.2, 0) is 10.0 Å². The van der Waals surface area contributed by atoms with Crippen molar-refractivity contribution in [3.8, 4) is 0 Å². The smallest absolute Gasteiger partial charge is 0.276 e. The van der Waals surface area contributed by atoms with Gasteiger partial charge in [0.05, 0.1) is 11.1 Å². The van der Waals surface area contributed by atoms with Crippen LogP contribution in [0.2, 0.25) is 0 Å². The molecule has 0 saturated heterocycles. The number of nitrogens with zero attached hydrogens (tertiary/aromatic N) is 1. The lowest BCUT2D eigenvalue weighted by Gasteiger charge is -2.03. The van der Waals surface area contributed by atoms with Crippen molar-refractivity contribution in [3.63, 3.8) is 0 Å². The number of fused-ring (bicyclic) bond motifs is 1. The molecular weight excluding hydrogens is 378 g/mol. The molecule has 1 heterocycles. The molecule has 0 aliphatic heterocycles. The van der Waals surface area contributed by atoms with Crippen molar-refractivity contribution in [2.24, 2.45) is 5.10 Å². The summed E-state index contributed by atoms with van der Waals surface area (Å²) in [6, 6.07) is 12.4. The van der Waals surface area contributed by atoms with E-state index in [9.17, 15) is 8.42 Å². The molecule has 2 N–H and O–H groups in total. The summed E-state index contributed by atoms with van der Waals surface area (Å²) in [4.78, 5) is 5.52. The summed E-state index contributed by atoms with van der Waals surface area (Å²) < 4.78 is 25.2. The fourth-order valence-electron chi connectivity index (χ4n) is 2.16. The van der Waals surface area contributed by atoms with Gasteiger partial charge in [-0.2, -0.15) is 13.5 Å². The summed E-state index contributed by atoms with van der Waals surface area (Å²) in [6.45, 7) is 1.90. The second-order valence-electron chi connectivity index (χ2n) is 5.10. The number of sulfonamides is 1. The molecule has 23 heavy (non-hydrogen) atoms. The SMILES string of the molecule is Cc1ccc(S(=O)(=O)N/N=C/c2c[nH]c3ccc(Br)cc23)cc1. The fourth-order valence-corrected chi connectivity index (χ4v) is 3.31. The van der Waals surface area contributed by atoms with Crippen molar-refractivity contribution in [3.05, 3.63) is 64.3 Å². The summed E-state index contributed by atoms with van der Waals surface area (Å²) in [5.41, 5.74) is 2.75. The molecule has 3 rings (SSSR count). The molecule has 2 aromatic carbocycles. The number of nitrogens with one attached hydrogen (secondary N) is 2. The zero-order valence-electron chi connectivity index (χ0n) is 12.2. The summed E-state index contributed by atoms with van der Waals surface area (Å²) in [5.74, 6) is 0. The van der Waals surface area contributed by atoms with Crippen LogP contribution in [0.1, 0.15) is 11.1 Å². The van der Waals surface area contributed by atoms with E-state index >= 15 is 0 Å². The van der Waals surface area contributed by atoms with Crippen LogP contribution in [0.3, 0.4) is 0 Å². The van der Waals surface area contributed by atoms with E-state index in [1.807, 2.05) is 25.1 Å². The molecule has 0 aliphatic carbocycles. The Morgan fingerprint density at radius 3 is 2.65 bits per heavy atom. The Morgan fingerprint density at radius 2 is 1.91 bits per heavy atom. The van der Waals surface area contributed by atoms with Crippen molar-refractivity contribution in [1.29, 1.82) is 0 Å². The second-order valence-corrected chi connectivity index (χ2v) is 7.68. The number of benzene rings is 2. The number of aromatic nitrogens is 1. The second kappa shape index (κ2) is 6.17. The van der Waals surface area contributed by atoms with Crippen LogP contribution >= 0.6 is 15.9 Å². The van der Waals surface area contributed by atoms with E-state index in [0.29, 0.717) is 0 Å². The highest BCUT2D eigenvalue weighted by Gasteiger charge is 2.12. The molecule has 118 valence electrons. The summed E-state index contributed by atoms with van der Waals surface area (Å²) in [6.07, 6.45) is 3.26. The van der Waals surface area contributed by atoms with E-state index in [-0.39, 0.29) is 4.90 Å². The topological polar surface area (TPSA) is 74.3 Å². The number of H-pyrrole nitrogens is 1. The van der Waals surface area contributed by atoms with Gasteiger partial charge in [0, 0.05) is 27.1 Å². The summed E-state index contributed by atoms with van der Waals surface area (Å²) in [5, 5.41) is 4.82. The molecule has 7 heteroatoms. The Balaban J connectivity index is 1.82. The first-order valence-electron chi connectivity index (χ1n) is 6.84. The molecule has 0 unspecified atom stereocenters. The van der Waals surface area contributed by atoms with Gasteiger partial charge < -0.3 is 4.98 Å². The third-order valence-corrected chi connectivity index (χ3v) is 5.12. The first-order valence-corrected chi connectivity index (χ1v) is 9.11. The summed E-state index contributed by atoms with van der Waals surface area (Å²) >= 11 is 3.42. The largest absolute Gasteiger partial charge is 0.361 e. The minimum absolute atomic E-state index is 0.182. The van der Waals surface area contributed by atoms with Crippen LogP contribution in [0.15, 0.2) is 63.1 Å². The molecule has 0 atom stereocenters. The molecule has 0 radical (unpaired) electrons. The average Bonchev–Trinajstić information content (AvgIpc) is 2.90. The molecule has 5 nitrogen and oxygen atoms in total. The van der Waals surface area contributed by atoms with E-state index in [1.165, 1.54) is 6.21 Å². The zero-order valence-corrected chi connectivity index (χ0v) is 14.6. The van der Waals surface area contributed by atoms with Crippen molar-refractivity contribution >= 4 is 43.1 Å². The monoisotopic (exact) mass is 391 g/mol. The maximum atomic E-state index is 12.1. The number of hydrogen-bond acceptors (Lipinski definition) is 3. The minimum Gasteiger partial charge on any atom is -0.361 e. The molecule has 0 saturated carbocycles. The molecule has 3 aromatic rings. The predicted molar refractivity (Wildman–Crippen MR) is 95.1 cm³/mol. The number of rotatable bonds is 4. The van der Waals surface area contributed by atoms with Crippen LogP contribution in [0, 0.1) is 6.92 Å². The van der Waals surface area contributed by atoms with Gasteiger partial charge in [-0.05, 0) is 37.3 Å². The van der Waals surface area contributed by atoms with Gasteiger partial charge in [0.1, 0.15) is 0 Å². The van der Waals surface area contributed by atoms with Crippen molar-refractivity contribution < 1.29 is 8.42 Å². The quantitative estimate of drug-likeness (QED) is 0.527. The maximum Gasteiger partial charge on any atom is 0.276 e. The molecule has 0 spiro atoms. The Hall–Kier alpha value is -2.12. The molecule has 0 bridgehead atoms. The molecule has 1 aromatic heterocycles. The highest BCUT2D eigenvalue weighted by molar-refractivity contribution is 9.10. The lowest BCUT2D eigenvalue weighted by atomic mass is 10.2. The molecule has 0 fully saturated rings. The third-order valence-electron chi connectivity index (χ3n) is 3.38. The zero-order chi connectivity index (χ0) is 16.4. The Bertz CT molecular complexity index is 976. The van der Waals surface area contributed by atoms with Crippen molar-refractivity contribution in [2.45, 2.75) is 11.8 Å². The van der Waals surface area contributed by atoms with Gasteiger partial charge in [-0.15, -0.1) is 0 Å². The maximum absolute atomic E-state index is 12.1. The van der Waals surface area contributed by atoms with Crippen molar-refractivity contribution in [1.82, 2.24) is 9.82 Å². The first-order chi connectivity index (χ1) is 11.0. The number of halogens is 1. The van der Waals surface area contributed by atoms with E-state index < -0.39 is 10.0 Å². The fraction of sp³-hybridized carbons (Fsp3) is 0.0625. The van der Waals surface area contributed by atoms with Gasteiger partial charge in [0.25, 0.3) is 10.0 Å². The Kier molecular flexibility index (Phi) is 4.23. The van der Waals surface area contributed by atoms with Gasteiger partial charge >= 0.3 is 0 Å². The van der Waals surface area contributed by atoms with Crippen LogP contribution < -0.4 is 4.83 Å². The lowest BCUT2D eigenvalue weighted by molar-refractivity contribution is 0.584. The van der Waals surface area contributed by atoms with Crippen LogP contribution in [0.5, 0.6) is 0 Å². The third kappa shape index (κ3) is 3.46. The normalized spacial score (nSPS) is 12.1. The van der Waals surface area contributed by atoms with Crippen LogP contribution in [-0.4, -0.2) is 19.6 Å². The van der Waals surface area contributed by atoms with Crippen molar-refractivity contribution in [2.75, 3.05) is 0 Å². The molecule has 0 amide bonds.